The first kappa shape index (κ1) is 13.1. The summed E-state index contributed by atoms with van der Waals surface area (Å²) in [6, 6.07) is 11.5. The van der Waals surface area contributed by atoms with Crippen LogP contribution in [-0.4, -0.2) is 17.5 Å². The molecule has 0 aliphatic rings. The lowest BCUT2D eigenvalue weighted by atomic mass is 9.97. The Kier molecular flexibility index (Phi) is 4.13. The minimum atomic E-state index is -0.808. The van der Waals surface area contributed by atoms with E-state index < -0.39 is 5.97 Å². The van der Waals surface area contributed by atoms with Crippen LogP contribution in [0.25, 0.3) is 10.8 Å². The van der Waals surface area contributed by atoms with E-state index in [1.807, 2.05) is 36.4 Å². The number of carboxylic acid groups (broad SMARTS) is 1. The molecule has 0 saturated carbocycles. The SMILES string of the molecule is O=COCc1ccc(CCC(=O)O)c2ccccc12. The van der Waals surface area contributed by atoms with Crippen molar-refractivity contribution in [2.75, 3.05) is 0 Å². The summed E-state index contributed by atoms with van der Waals surface area (Å²) in [6.07, 6.45) is 0.596. The fraction of sp³-hybridized carbons (Fsp3) is 0.200. The molecule has 2 aromatic rings. The van der Waals surface area contributed by atoms with Crippen molar-refractivity contribution in [2.45, 2.75) is 19.4 Å². The van der Waals surface area contributed by atoms with Crippen LogP contribution in [0.4, 0.5) is 0 Å². The first-order valence-corrected chi connectivity index (χ1v) is 5.99. The molecule has 0 atom stereocenters. The summed E-state index contributed by atoms with van der Waals surface area (Å²) in [5.41, 5.74) is 1.91. The third-order valence-electron chi connectivity index (χ3n) is 3.02. The van der Waals surface area contributed by atoms with Gasteiger partial charge in [0.05, 0.1) is 0 Å². The summed E-state index contributed by atoms with van der Waals surface area (Å²) < 4.78 is 4.79. The van der Waals surface area contributed by atoms with Gasteiger partial charge in [0.2, 0.25) is 0 Å². The summed E-state index contributed by atoms with van der Waals surface area (Å²) in [5.74, 6) is -0.808. The fourth-order valence-corrected chi connectivity index (χ4v) is 2.13. The Morgan fingerprint density at radius 2 is 1.74 bits per heavy atom. The second kappa shape index (κ2) is 6.00. The molecule has 0 radical (unpaired) electrons. The van der Waals surface area contributed by atoms with Gasteiger partial charge in [0.25, 0.3) is 6.47 Å². The van der Waals surface area contributed by atoms with Crippen molar-refractivity contribution < 1.29 is 19.4 Å². The van der Waals surface area contributed by atoms with Crippen LogP contribution in [0.2, 0.25) is 0 Å². The van der Waals surface area contributed by atoms with E-state index in [2.05, 4.69) is 0 Å². The average molecular weight is 258 g/mol. The first-order valence-electron chi connectivity index (χ1n) is 5.99. The maximum atomic E-state index is 10.7. The number of carbonyl (C=O) groups is 2. The Morgan fingerprint density at radius 3 is 2.37 bits per heavy atom. The van der Waals surface area contributed by atoms with Gasteiger partial charge in [0.1, 0.15) is 6.61 Å². The van der Waals surface area contributed by atoms with Gasteiger partial charge in [-0.25, -0.2) is 0 Å². The fourth-order valence-electron chi connectivity index (χ4n) is 2.13. The summed E-state index contributed by atoms with van der Waals surface area (Å²) in [4.78, 5) is 20.9. The van der Waals surface area contributed by atoms with Crippen LogP contribution >= 0.6 is 0 Å². The second-order valence-electron chi connectivity index (χ2n) is 4.23. The van der Waals surface area contributed by atoms with Crippen molar-refractivity contribution in [1.29, 1.82) is 0 Å². The van der Waals surface area contributed by atoms with E-state index in [1.54, 1.807) is 0 Å². The van der Waals surface area contributed by atoms with Crippen molar-refractivity contribution in [3.63, 3.8) is 0 Å². The van der Waals surface area contributed by atoms with E-state index in [9.17, 15) is 9.59 Å². The van der Waals surface area contributed by atoms with Gasteiger partial charge in [-0.2, -0.15) is 0 Å². The third-order valence-corrected chi connectivity index (χ3v) is 3.02. The monoisotopic (exact) mass is 258 g/mol. The molecule has 4 heteroatoms. The molecular weight excluding hydrogens is 244 g/mol. The largest absolute Gasteiger partial charge is 0.481 e. The highest BCUT2D eigenvalue weighted by Crippen LogP contribution is 2.24. The van der Waals surface area contributed by atoms with Crippen LogP contribution < -0.4 is 0 Å². The Morgan fingerprint density at radius 1 is 1.11 bits per heavy atom. The molecule has 0 aliphatic carbocycles. The van der Waals surface area contributed by atoms with Crippen LogP contribution in [0.15, 0.2) is 36.4 Å². The molecule has 0 spiro atoms. The molecular formula is C15H14O4. The minimum absolute atomic E-state index is 0.105. The topological polar surface area (TPSA) is 63.6 Å². The second-order valence-corrected chi connectivity index (χ2v) is 4.23. The number of aliphatic carboxylic acids is 1. The van der Waals surface area contributed by atoms with Crippen molar-refractivity contribution in [1.82, 2.24) is 0 Å². The average Bonchev–Trinajstić information content (AvgIpc) is 2.43. The summed E-state index contributed by atoms with van der Waals surface area (Å²) in [5, 5.41) is 10.8. The number of carboxylic acids is 1. The molecule has 2 aromatic carbocycles. The van der Waals surface area contributed by atoms with Crippen LogP contribution in [0.1, 0.15) is 17.5 Å². The lowest BCUT2D eigenvalue weighted by Gasteiger charge is -2.10. The van der Waals surface area contributed by atoms with Crippen molar-refractivity contribution in [3.05, 3.63) is 47.5 Å². The molecule has 0 heterocycles. The highest BCUT2D eigenvalue weighted by molar-refractivity contribution is 5.89. The predicted molar refractivity (Wildman–Crippen MR) is 70.8 cm³/mol. The van der Waals surface area contributed by atoms with Gasteiger partial charge in [-0.1, -0.05) is 36.4 Å². The van der Waals surface area contributed by atoms with Crippen LogP contribution in [0.3, 0.4) is 0 Å². The third kappa shape index (κ3) is 3.10. The first-order chi connectivity index (χ1) is 9.22. The molecule has 0 unspecified atom stereocenters. The molecule has 0 aliphatic heterocycles. The van der Waals surface area contributed by atoms with Gasteiger partial charge >= 0.3 is 5.97 Å². The summed E-state index contributed by atoms with van der Waals surface area (Å²) in [7, 11) is 0. The normalized spacial score (nSPS) is 10.3. The molecule has 2 rings (SSSR count). The maximum absolute atomic E-state index is 10.7. The minimum Gasteiger partial charge on any atom is -0.481 e. The Balaban J connectivity index is 2.39. The zero-order chi connectivity index (χ0) is 13.7. The van der Waals surface area contributed by atoms with E-state index in [0.29, 0.717) is 12.9 Å². The van der Waals surface area contributed by atoms with Gasteiger partial charge < -0.3 is 9.84 Å². The Labute approximate surface area is 110 Å². The van der Waals surface area contributed by atoms with E-state index in [0.717, 1.165) is 21.9 Å². The van der Waals surface area contributed by atoms with Crippen LogP contribution in [0, 0.1) is 0 Å². The highest BCUT2D eigenvalue weighted by Gasteiger charge is 2.07. The van der Waals surface area contributed by atoms with Gasteiger partial charge in [-0.3, -0.25) is 9.59 Å². The number of benzene rings is 2. The van der Waals surface area contributed by atoms with Crippen molar-refractivity contribution in [2.24, 2.45) is 0 Å². The summed E-state index contributed by atoms with van der Waals surface area (Å²) >= 11 is 0. The number of carbonyl (C=O) groups excluding carboxylic acids is 1. The zero-order valence-corrected chi connectivity index (χ0v) is 10.3. The quantitative estimate of drug-likeness (QED) is 0.809. The molecule has 0 amide bonds. The standard InChI is InChI=1S/C15H14O4/c16-10-19-9-12-6-5-11(7-8-15(17)18)13-3-1-2-4-14(12)13/h1-6,10H,7-9H2,(H,17,18). The number of fused-ring (bicyclic) bond motifs is 1. The molecule has 0 fully saturated rings. The van der Waals surface area contributed by atoms with E-state index in [1.165, 1.54) is 0 Å². The van der Waals surface area contributed by atoms with E-state index in [4.69, 9.17) is 9.84 Å². The van der Waals surface area contributed by atoms with E-state index >= 15 is 0 Å². The number of rotatable bonds is 6. The van der Waals surface area contributed by atoms with Gasteiger partial charge in [-0.05, 0) is 28.3 Å². The van der Waals surface area contributed by atoms with Crippen LogP contribution in [0.5, 0.6) is 0 Å². The Bertz CT molecular complexity index is 604. The number of hydrogen-bond donors (Lipinski definition) is 1. The molecule has 1 N–H and O–H groups in total. The lowest BCUT2D eigenvalue weighted by molar-refractivity contribution is -0.137. The molecule has 4 nitrogen and oxygen atoms in total. The van der Waals surface area contributed by atoms with Crippen molar-refractivity contribution in [3.8, 4) is 0 Å². The lowest BCUT2D eigenvalue weighted by Crippen LogP contribution is -1.99. The number of aryl methyl sites for hydroxylation is 1. The summed E-state index contributed by atoms with van der Waals surface area (Å²) in [6.45, 7) is 0.649. The van der Waals surface area contributed by atoms with E-state index in [-0.39, 0.29) is 13.0 Å². The molecule has 0 saturated heterocycles. The predicted octanol–water partition coefficient (Wildman–Crippen LogP) is 2.53. The molecule has 0 aromatic heterocycles. The molecule has 19 heavy (non-hydrogen) atoms. The molecule has 0 bridgehead atoms. The van der Waals surface area contributed by atoms with Gasteiger partial charge in [-0.15, -0.1) is 0 Å². The van der Waals surface area contributed by atoms with Crippen molar-refractivity contribution >= 4 is 23.2 Å². The van der Waals surface area contributed by atoms with Gasteiger partial charge in [0, 0.05) is 6.42 Å². The molecule has 98 valence electrons. The van der Waals surface area contributed by atoms with Crippen LogP contribution in [-0.2, 0) is 27.4 Å². The zero-order valence-electron chi connectivity index (χ0n) is 10.3. The maximum Gasteiger partial charge on any atom is 0.303 e. The van der Waals surface area contributed by atoms with Gasteiger partial charge in [0.15, 0.2) is 0 Å². The number of hydrogen-bond acceptors (Lipinski definition) is 3. The highest BCUT2D eigenvalue weighted by atomic mass is 16.5. The number of ether oxygens (including phenoxy) is 1. The smallest absolute Gasteiger partial charge is 0.303 e. The Hall–Kier alpha value is -2.36.